The van der Waals surface area contributed by atoms with Crippen molar-refractivity contribution >= 4 is 52.0 Å². The molecule has 0 spiro atoms. The van der Waals surface area contributed by atoms with Crippen LogP contribution in [-0.2, 0) is 16.0 Å². The van der Waals surface area contributed by atoms with Crippen LogP contribution in [0.4, 0.5) is 0 Å². The lowest BCUT2D eigenvalue weighted by Gasteiger charge is -2.39. The average Bonchev–Trinajstić information content (AvgIpc) is 3.46. The third kappa shape index (κ3) is 5.91. The zero-order valence-electron chi connectivity index (χ0n) is 18.7. The molecule has 0 saturated carbocycles. The Morgan fingerprint density at radius 2 is 1.85 bits per heavy atom. The number of piperazine rings is 1. The molecule has 33 heavy (non-hydrogen) atoms. The van der Waals surface area contributed by atoms with Gasteiger partial charge in [0, 0.05) is 56.8 Å². The number of thiazole rings is 2. The Balaban J connectivity index is 1.23. The van der Waals surface area contributed by atoms with Gasteiger partial charge in [0.15, 0.2) is 5.15 Å². The number of halogens is 1. The summed E-state index contributed by atoms with van der Waals surface area (Å²) in [5, 5.41) is 3.34. The van der Waals surface area contributed by atoms with Crippen LogP contribution in [0.1, 0.15) is 46.1 Å². The third-order valence-corrected chi connectivity index (χ3v) is 8.41. The monoisotopic (exact) mass is 509 g/mol. The van der Waals surface area contributed by atoms with Gasteiger partial charge in [0.05, 0.1) is 16.4 Å². The second-order valence-corrected chi connectivity index (χ2v) is 10.7. The molecule has 2 aliphatic rings. The van der Waals surface area contributed by atoms with Gasteiger partial charge in [-0.05, 0) is 32.6 Å². The number of piperidine rings is 1. The summed E-state index contributed by atoms with van der Waals surface area (Å²) >= 11 is 8.86. The van der Waals surface area contributed by atoms with Crippen molar-refractivity contribution in [3.63, 3.8) is 0 Å². The van der Waals surface area contributed by atoms with E-state index in [1.165, 1.54) is 11.3 Å². The Hall–Kier alpha value is -2.04. The maximum absolute atomic E-state index is 13.1. The van der Waals surface area contributed by atoms with E-state index in [4.69, 9.17) is 11.6 Å². The van der Waals surface area contributed by atoms with Gasteiger partial charge < -0.3 is 14.7 Å². The summed E-state index contributed by atoms with van der Waals surface area (Å²) < 4.78 is 0. The highest BCUT2D eigenvalue weighted by molar-refractivity contribution is 7.12. The quantitative estimate of drug-likeness (QED) is 0.597. The molecule has 8 nitrogen and oxygen atoms in total. The minimum absolute atomic E-state index is 0.0914. The van der Waals surface area contributed by atoms with Crippen LogP contribution in [0.2, 0.25) is 5.15 Å². The predicted octanol–water partition coefficient (Wildman–Crippen LogP) is 3.11. The van der Waals surface area contributed by atoms with E-state index >= 15 is 0 Å². The number of hydrogen-bond acceptors (Lipinski definition) is 7. The van der Waals surface area contributed by atoms with E-state index in [2.05, 4.69) is 9.97 Å². The summed E-state index contributed by atoms with van der Waals surface area (Å²) in [5.41, 5.74) is 2.59. The van der Waals surface area contributed by atoms with Gasteiger partial charge in [-0.25, -0.2) is 9.97 Å². The van der Waals surface area contributed by atoms with E-state index < -0.39 is 0 Å². The molecule has 0 aliphatic carbocycles. The van der Waals surface area contributed by atoms with E-state index in [0.29, 0.717) is 44.0 Å². The summed E-state index contributed by atoms with van der Waals surface area (Å²) in [6, 6.07) is 0. The lowest BCUT2D eigenvalue weighted by atomic mass is 9.95. The van der Waals surface area contributed by atoms with Gasteiger partial charge >= 0.3 is 0 Å². The molecule has 2 aromatic rings. The summed E-state index contributed by atoms with van der Waals surface area (Å²) in [7, 11) is 0. The smallest absolute Gasteiger partial charge is 0.267 e. The van der Waals surface area contributed by atoms with Crippen molar-refractivity contribution in [2.45, 2.75) is 39.0 Å². The van der Waals surface area contributed by atoms with Crippen molar-refractivity contribution in [2.24, 2.45) is 5.92 Å². The van der Waals surface area contributed by atoms with Gasteiger partial charge in [-0.3, -0.25) is 14.4 Å². The lowest BCUT2D eigenvalue weighted by molar-refractivity contribution is -0.142. The standard InChI is InChI=1S/C22H28ClN5O3S2/c1-15-13-32-17(25-15)5-2-6-18(29)28-7-3-4-16(12-28)21(30)26-8-10-27(11-9-26)22(31)19-20(23)24-14-33-19/h13-14,16H,2-12H2,1H3. The predicted molar refractivity (Wildman–Crippen MR) is 129 cm³/mol. The SMILES string of the molecule is Cc1csc(CCCC(=O)N2CCCC(C(=O)N3CCN(C(=O)c4scnc4Cl)CC3)C2)n1. The van der Waals surface area contributed by atoms with Crippen LogP contribution in [0.25, 0.3) is 0 Å². The number of rotatable bonds is 6. The second-order valence-electron chi connectivity index (χ2n) is 8.50. The topological polar surface area (TPSA) is 86.7 Å². The molecule has 1 unspecified atom stereocenters. The fraction of sp³-hybridized carbons (Fsp3) is 0.591. The molecule has 11 heteroatoms. The molecule has 4 rings (SSSR count). The highest BCUT2D eigenvalue weighted by atomic mass is 35.5. The lowest BCUT2D eigenvalue weighted by Crippen LogP contribution is -2.54. The normalized spacial score (nSPS) is 19.1. The van der Waals surface area contributed by atoms with Gasteiger partial charge in [-0.1, -0.05) is 11.6 Å². The first kappa shape index (κ1) is 24.1. The Bertz CT molecular complexity index is 1000. The summed E-state index contributed by atoms with van der Waals surface area (Å²) in [6.45, 7) is 5.14. The zero-order valence-corrected chi connectivity index (χ0v) is 21.1. The zero-order chi connectivity index (χ0) is 23.4. The van der Waals surface area contributed by atoms with Gasteiger partial charge in [-0.15, -0.1) is 22.7 Å². The molecule has 0 aromatic carbocycles. The third-order valence-electron chi connectivity index (χ3n) is 6.17. The Labute approximate surface area is 206 Å². The molecule has 178 valence electrons. The second kappa shape index (κ2) is 10.9. The highest BCUT2D eigenvalue weighted by Crippen LogP contribution is 2.24. The molecule has 3 amide bonds. The van der Waals surface area contributed by atoms with Gasteiger partial charge in [0.1, 0.15) is 4.88 Å². The fourth-order valence-electron chi connectivity index (χ4n) is 4.37. The molecule has 2 fully saturated rings. The van der Waals surface area contributed by atoms with Gasteiger partial charge in [-0.2, -0.15) is 0 Å². The first-order chi connectivity index (χ1) is 15.9. The Morgan fingerprint density at radius 1 is 1.09 bits per heavy atom. The van der Waals surface area contributed by atoms with Crippen molar-refractivity contribution in [1.82, 2.24) is 24.7 Å². The molecule has 0 radical (unpaired) electrons. The van der Waals surface area contributed by atoms with Crippen molar-refractivity contribution in [1.29, 1.82) is 0 Å². The van der Waals surface area contributed by atoms with Crippen molar-refractivity contribution < 1.29 is 14.4 Å². The minimum atomic E-state index is -0.164. The Morgan fingerprint density at radius 3 is 2.52 bits per heavy atom. The number of aryl methyl sites for hydroxylation is 2. The van der Waals surface area contributed by atoms with Crippen LogP contribution in [0.5, 0.6) is 0 Å². The molecule has 0 bridgehead atoms. The van der Waals surface area contributed by atoms with E-state index in [9.17, 15) is 14.4 Å². The van der Waals surface area contributed by atoms with Crippen LogP contribution in [0, 0.1) is 12.8 Å². The van der Waals surface area contributed by atoms with E-state index in [0.717, 1.165) is 42.9 Å². The number of nitrogens with zero attached hydrogens (tertiary/aromatic N) is 5. The summed E-state index contributed by atoms with van der Waals surface area (Å²) in [5.74, 6) is -0.0780. The van der Waals surface area contributed by atoms with Crippen molar-refractivity contribution in [2.75, 3.05) is 39.3 Å². The number of carbonyl (C=O) groups is 3. The van der Waals surface area contributed by atoms with Crippen LogP contribution in [0.15, 0.2) is 10.9 Å². The molecule has 4 heterocycles. The first-order valence-corrected chi connectivity index (χ1v) is 13.4. The van der Waals surface area contributed by atoms with Crippen LogP contribution in [0.3, 0.4) is 0 Å². The fourth-order valence-corrected chi connectivity index (χ4v) is 6.16. The summed E-state index contributed by atoms with van der Waals surface area (Å²) in [6.07, 6.45) is 3.73. The number of hydrogen-bond donors (Lipinski definition) is 0. The van der Waals surface area contributed by atoms with Gasteiger partial charge in [0.25, 0.3) is 5.91 Å². The average molecular weight is 510 g/mol. The number of aromatic nitrogens is 2. The minimum Gasteiger partial charge on any atom is -0.342 e. The maximum Gasteiger partial charge on any atom is 0.267 e. The van der Waals surface area contributed by atoms with E-state index in [1.807, 2.05) is 22.1 Å². The molecule has 1 atom stereocenters. The van der Waals surface area contributed by atoms with Crippen molar-refractivity contribution in [3.05, 3.63) is 31.6 Å². The maximum atomic E-state index is 13.1. The first-order valence-electron chi connectivity index (χ1n) is 11.3. The summed E-state index contributed by atoms with van der Waals surface area (Å²) in [4.78, 5) is 52.7. The van der Waals surface area contributed by atoms with Crippen LogP contribution < -0.4 is 0 Å². The van der Waals surface area contributed by atoms with E-state index in [1.54, 1.807) is 21.7 Å². The van der Waals surface area contributed by atoms with Gasteiger partial charge in [0.2, 0.25) is 11.8 Å². The molecular formula is C22H28ClN5O3S2. The van der Waals surface area contributed by atoms with Crippen LogP contribution >= 0.6 is 34.3 Å². The van der Waals surface area contributed by atoms with Crippen molar-refractivity contribution in [3.8, 4) is 0 Å². The highest BCUT2D eigenvalue weighted by Gasteiger charge is 2.33. The Kier molecular flexibility index (Phi) is 7.98. The molecule has 2 aliphatic heterocycles. The number of carbonyl (C=O) groups excluding carboxylic acids is 3. The molecular weight excluding hydrogens is 482 g/mol. The van der Waals surface area contributed by atoms with Crippen LogP contribution in [-0.4, -0.2) is 81.7 Å². The molecule has 0 N–H and O–H groups in total. The molecule has 2 aromatic heterocycles. The van der Waals surface area contributed by atoms with E-state index in [-0.39, 0.29) is 28.8 Å². The largest absolute Gasteiger partial charge is 0.342 e. The molecule has 2 saturated heterocycles. The number of likely N-dealkylation sites (tertiary alicyclic amines) is 1. The number of amides is 3.